The van der Waals surface area contributed by atoms with Crippen LogP contribution < -0.4 is 5.32 Å². The molecule has 6 nitrogen and oxygen atoms in total. The lowest BCUT2D eigenvalue weighted by Gasteiger charge is -2.34. The molecule has 0 aliphatic heterocycles. The molecular formula is C25H38N2O4. The van der Waals surface area contributed by atoms with Crippen LogP contribution in [0, 0.1) is 19.3 Å². The summed E-state index contributed by atoms with van der Waals surface area (Å²) in [5.74, 6) is -1.46. The highest BCUT2D eigenvalue weighted by molar-refractivity contribution is 5.89. The number of rotatable bonds is 8. The van der Waals surface area contributed by atoms with Crippen LogP contribution in [0.2, 0.25) is 0 Å². The van der Waals surface area contributed by atoms with Crippen LogP contribution >= 0.6 is 0 Å². The second kappa shape index (κ2) is 10.1. The number of likely N-dealkylation sites (N-methyl/N-ethyl adjacent to an activating group) is 1. The van der Waals surface area contributed by atoms with Gasteiger partial charge in [0.2, 0.25) is 11.8 Å². The molecule has 0 bridgehead atoms. The van der Waals surface area contributed by atoms with Crippen molar-refractivity contribution in [2.45, 2.75) is 73.3 Å². The molecule has 2 N–H and O–H groups in total. The fraction of sp³-hybridized carbons (Fsp3) is 0.560. The molecule has 0 saturated carbocycles. The van der Waals surface area contributed by atoms with E-state index in [-0.39, 0.29) is 35.8 Å². The van der Waals surface area contributed by atoms with Gasteiger partial charge in [-0.2, -0.15) is 0 Å². The van der Waals surface area contributed by atoms with E-state index in [0.29, 0.717) is 0 Å². The second-order valence-electron chi connectivity index (χ2n) is 10.2. The molecule has 1 aromatic rings. The number of carbonyl (C=O) groups excluding carboxylic acids is 2. The van der Waals surface area contributed by atoms with E-state index >= 15 is 0 Å². The highest BCUT2D eigenvalue weighted by Crippen LogP contribution is 2.29. The molecule has 0 aliphatic carbocycles. The van der Waals surface area contributed by atoms with E-state index in [2.05, 4.69) is 23.5 Å². The standard InChI is InChI=1S/C25H38N2O4/c1-16-12-17(2)14-19(13-16)25(7,8)15-20(28)26-21(24(4,5)6)22(29)27(9)11-10-18(3)23(30)31/h10,12-14,21H,11,15H2,1-9H3,(H,26,28)(H,30,31)/b18-10+/t21-/m1/s1. The minimum Gasteiger partial charge on any atom is -0.478 e. The van der Waals surface area contributed by atoms with E-state index in [1.165, 1.54) is 17.9 Å². The minimum absolute atomic E-state index is 0.160. The summed E-state index contributed by atoms with van der Waals surface area (Å²) in [5.41, 5.74) is 2.67. The van der Waals surface area contributed by atoms with Gasteiger partial charge in [0.15, 0.2) is 0 Å². The smallest absolute Gasteiger partial charge is 0.331 e. The monoisotopic (exact) mass is 430 g/mol. The highest BCUT2D eigenvalue weighted by atomic mass is 16.4. The first kappa shape index (κ1) is 26.4. The van der Waals surface area contributed by atoms with Gasteiger partial charge in [-0.05, 0) is 37.2 Å². The summed E-state index contributed by atoms with van der Waals surface area (Å²) in [7, 11) is 1.61. The number of benzene rings is 1. The third-order valence-electron chi connectivity index (χ3n) is 5.41. The first-order valence-corrected chi connectivity index (χ1v) is 10.6. The summed E-state index contributed by atoms with van der Waals surface area (Å²) < 4.78 is 0. The topological polar surface area (TPSA) is 86.7 Å². The zero-order chi connectivity index (χ0) is 24.1. The average molecular weight is 431 g/mol. The number of nitrogens with one attached hydrogen (secondary N) is 1. The van der Waals surface area contributed by atoms with Gasteiger partial charge in [-0.25, -0.2) is 4.79 Å². The van der Waals surface area contributed by atoms with Gasteiger partial charge in [0.1, 0.15) is 6.04 Å². The normalized spacial score (nSPS) is 13.5. The van der Waals surface area contributed by atoms with Crippen molar-refractivity contribution >= 4 is 17.8 Å². The number of carboxylic acid groups (broad SMARTS) is 1. The number of aryl methyl sites for hydroxylation is 2. The quantitative estimate of drug-likeness (QED) is 0.611. The Balaban J connectivity index is 2.99. The molecule has 2 amide bonds. The molecule has 0 fully saturated rings. The second-order valence-corrected chi connectivity index (χ2v) is 10.2. The van der Waals surface area contributed by atoms with Gasteiger partial charge in [-0.3, -0.25) is 9.59 Å². The van der Waals surface area contributed by atoms with Gasteiger partial charge in [0.05, 0.1) is 0 Å². The number of hydrogen-bond acceptors (Lipinski definition) is 3. The Hall–Kier alpha value is -2.63. The Morgan fingerprint density at radius 2 is 1.58 bits per heavy atom. The van der Waals surface area contributed by atoms with Crippen molar-refractivity contribution in [3.05, 3.63) is 46.5 Å². The number of carboxylic acids is 1. The molecule has 0 heterocycles. The van der Waals surface area contributed by atoms with Crippen LogP contribution in [0.15, 0.2) is 29.8 Å². The van der Waals surface area contributed by atoms with Crippen LogP contribution in [-0.4, -0.2) is 47.4 Å². The summed E-state index contributed by atoms with van der Waals surface area (Å²) in [6, 6.07) is 5.57. The molecule has 0 aliphatic rings. The van der Waals surface area contributed by atoms with Crippen LogP contribution in [0.5, 0.6) is 0 Å². The fourth-order valence-corrected chi connectivity index (χ4v) is 3.40. The molecule has 1 rings (SSSR count). The van der Waals surface area contributed by atoms with Gasteiger partial charge in [-0.15, -0.1) is 0 Å². The van der Waals surface area contributed by atoms with E-state index in [9.17, 15) is 14.4 Å². The minimum atomic E-state index is -1.02. The largest absolute Gasteiger partial charge is 0.478 e. The van der Waals surface area contributed by atoms with Crippen LogP contribution in [0.3, 0.4) is 0 Å². The van der Waals surface area contributed by atoms with Crippen molar-refractivity contribution < 1.29 is 19.5 Å². The maximum Gasteiger partial charge on any atom is 0.331 e. The zero-order valence-corrected chi connectivity index (χ0v) is 20.4. The molecule has 172 valence electrons. The lowest BCUT2D eigenvalue weighted by molar-refractivity contribution is -0.138. The summed E-state index contributed by atoms with van der Waals surface area (Å²) in [6.07, 6.45) is 1.74. The van der Waals surface area contributed by atoms with Crippen molar-refractivity contribution in [1.29, 1.82) is 0 Å². The summed E-state index contributed by atoms with van der Waals surface area (Å²) >= 11 is 0. The number of amides is 2. The Labute approximate surface area is 186 Å². The maximum atomic E-state index is 13.1. The summed E-state index contributed by atoms with van der Waals surface area (Å²) in [4.78, 5) is 38.5. The number of carbonyl (C=O) groups is 3. The van der Waals surface area contributed by atoms with E-state index < -0.39 is 17.4 Å². The van der Waals surface area contributed by atoms with Crippen LogP contribution in [-0.2, 0) is 19.8 Å². The van der Waals surface area contributed by atoms with Gasteiger partial charge in [0.25, 0.3) is 0 Å². The molecule has 6 heteroatoms. The molecule has 0 aromatic heterocycles. The first-order valence-electron chi connectivity index (χ1n) is 10.6. The van der Waals surface area contributed by atoms with Gasteiger partial charge < -0.3 is 15.3 Å². The molecule has 0 radical (unpaired) electrons. The third-order valence-corrected chi connectivity index (χ3v) is 5.41. The van der Waals surface area contributed by atoms with Crippen molar-refractivity contribution in [3.8, 4) is 0 Å². The van der Waals surface area contributed by atoms with E-state index in [0.717, 1.165) is 16.7 Å². The molecule has 0 spiro atoms. The number of aliphatic carboxylic acids is 1. The molecule has 31 heavy (non-hydrogen) atoms. The Morgan fingerprint density at radius 3 is 2.03 bits per heavy atom. The SMILES string of the molecule is C/C(=C\CN(C)C(=O)[C@@H](NC(=O)CC(C)(C)c1cc(C)cc(C)c1)C(C)(C)C)C(=O)O. The van der Waals surface area contributed by atoms with E-state index in [4.69, 9.17) is 5.11 Å². The molecule has 1 atom stereocenters. The Morgan fingerprint density at radius 1 is 1.06 bits per heavy atom. The first-order chi connectivity index (χ1) is 14.0. The average Bonchev–Trinajstić information content (AvgIpc) is 2.61. The summed E-state index contributed by atoms with van der Waals surface area (Å²) in [5, 5.41) is 11.9. The van der Waals surface area contributed by atoms with Crippen LogP contribution in [0.4, 0.5) is 0 Å². The van der Waals surface area contributed by atoms with Crippen molar-refractivity contribution in [3.63, 3.8) is 0 Å². The Bertz CT molecular complexity index is 843. The lowest BCUT2D eigenvalue weighted by Crippen LogP contribution is -2.54. The fourth-order valence-electron chi connectivity index (χ4n) is 3.40. The van der Waals surface area contributed by atoms with E-state index in [1.54, 1.807) is 7.05 Å². The molecule has 0 saturated heterocycles. The molecular weight excluding hydrogens is 392 g/mol. The molecule has 1 aromatic carbocycles. The predicted octanol–water partition coefficient (Wildman–Crippen LogP) is 3.99. The lowest BCUT2D eigenvalue weighted by atomic mass is 9.79. The third kappa shape index (κ3) is 7.85. The maximum absolute atomic E-state index is 13.1. The Kier molecular flexibility index (Phi) is 8.62. The van der Waals surface area contributed by atoms with Crippen molar-refractivity contribution in [2.24, 2.45) is 5.41 Å². The zero-order valence-electron chi connectivity index (χ0n) is 20.4. The summed E-state index contributed by atoms with van der Waals surface area (Å²) in [6.45, 7) is 15.5. The molecule has 0 unspecified atom stereocenters. The number of nitrogens with zero attached hydrogens (tertiary/aromatic N) is 1. The van der Waals surface area contributed by atoms with E-state index in [1.807, 2.05) is 48.5 Å². The van der Waals surface area contributed by atoms with Crippen molar-refractivity contribution in [2.75, 3.05) is 13.6 Å². The number of hydrogen-bond donors (Lipinski definition) is 2. The van der Waals surface area contributed by atoms with Gasteiger partial charge >= 0.3 is 5.97 Å². The highest BCUT2D eigenvalue weighted by Gasteiger charge is 2.36. The van der Waals surface area contributed by atoms with Crippen LogP contribution in [0.25, 0.3) is 0 Å². The van der Waals surface area contributed by atoms with Gasteiger partial charge in [0, 0.05) is 25.6 Å². The van der Waals surface area contributed by atoms with Crippen molar-refractivity contribution in [1.82, 2.24) is 10.2 Å². The predicted molar refractivity (Wildman–Crippen MR) is 124 cm³/mol. The van der Waals surface area contributed by atoms with Gasteiger partial charge in [-0.1, -0.05) is 70.0 Å². The van der Waals surface area contributed by atoms with Crippen LogP contribution in [0.1, 0.15) is 64.7 Å².